The van der Waals surface area contributed by atoms with E-state index in [0.717, 1.165) is 18.1 Å². The Morgan fingerprint density at radius 1 is 1.00 bits per heavy atom. The summed E-state index contributed by atoms with van der Waals surface area (Å²) in [5.74, 6) is 0.584. The minimum absolute atomic E-state index is 0.459. The third kappa shape index (κ3) is 2.25. The summed E-state index contributed by atoms with van der Waals surface area (Å²) in [6, 6.07) is 0. The molecule has 0 aromatic carbocycles. The first kappa shape index (κ1) is 11.5. The molecule has 1 unspecified atom stereocenters. The number of carbonyl (C=O) groups excluding carboxylic acids is 1. The van der Waals surface area contributed by atoms with Gasteiger partial charge in [0.15, 0.2) is 0 Å². The lowest BCUT2D eigenvalue weighted by Gasteiger charge is -2.46. The molecule has 0 aromatic heterocycles. The topological polar surface area (TPSA) is 17.1 Å². The van der Waals surface area contributed by atoms with Crippen molar-refractivity contribution in [1.29, 1.82) is 0 Å². The van der Waals surface area contributed by atoms with Crippen molar-refractivity contribution in [2.75, 3.05) is 12.5 Å². The molecule has 0 spiro atoms. The van der Waals surface area contributed by atoms with Crippen LogP contribution in [0, 0.1) is 0 Å². The summed E-state index contributed by atoms with van der Waals surface area (Å²) in [5.41, 5.74) is 0. The van der Waals surface area contributed by atoms with Crippen LogP contribution in [0.2, 0.25) is 0 Å². The third-order valence-corrected chi connectivity index (χ3v) is 8.55. The second kappa shape index (κ2) is 4.48. The van der Waals surface area contributed by atoms with E-state index < -0.39 is 10.0 Å². The van der Waals surface area contributed by atoms with Gasteiger partial charge in [-0.15, -0.1) is 0 Å². The van der Waals surface area contributed by atoms with E-state index in [0.29, 0.717) is 11.0 Å². The molecule has 2 heteroatoms. The van der Waals surface area contributed by atoms with Crippen LogP contribution in [-0.2, 0) is 4.79 Å². The number of Topliss-reactive ketones (excluding diaryl/α,β-unsaturated/α-hetero) is 1. The van der Waals surface area contributed by atoms with Crippen molar-refractivity contribution >= 4 is 15.8 Å². The first-order chi connectivity index (χ1) is 7.12. The lowest BCUT2D eigenvalue weighted by atomic mass is 10.0. The van der Waals surface area contributed by atoms with Gasteiger partial charge in [-0.05, 0) is 43.4 Å². The van der Waals surface area contributed by atoms with Gasteiger partial charge in [0.25, 0.3) is 0 Å². The Hall–Kier alpha value is 0.0200. The Morgan fingerprint density at radius 2 is 1.67 bits per heavy atom. The molecule has 0 N–H and O–H groups in total. The Bertz CT molecular complexity index is 241. The van der Waals surface area contributed by atoms with Crippen LogP contribution in [0.15, 0.2) is 0 Å². The van der Waals surface area contributed by atoms with Gasteiger partial charge in [-0.2, -0.15) is 0 Å². The minimum atomic E-state index is -0.660. The third-order valence-electron chi connectivity index (χ3n) is 4.39. The predicted molar refractivity (Wildman–Crippen MR) is 69.0 cm³/mol. The summed E-state index contributed by atoms with van der Waals surface area (Å²) >= 11 is 0. The summed E-state index contributed by atoms with van der Waals surface area (Å²) in [4.78, 5) is 11.9. The molecule has 0 aliphatic heterocycles. The largest absolute Gasteiger partial charge is 0.299 e. The lowest BCUT2D eigenvalue weighted by Crippen LogP contribution is -2.31. The van der Waals surface area contributed by atoms with Crippen molar-refractivity contribution < 1.29 is 4.79 Å². The van der Waals surface area contributed by atoms with Gasteiger partial charge in [-0.1, -0.05) is 19.3 Å². The van der Waals surface area contributed by atoms with Gasteiger partial charge in [-0.25, -0.2) is 10.0 Å². The van der Waals surface area contributed by atoms with Crippen molar-refractivity contribution in [3.8, 4) is 0 Å². The second-order valence-corrected chi connectivity index (χ2v) is 9.80. The van der Waals surface area contributed by atoms with E-state index in [1.54, 1.807) is 0 Å². The van der Waals surface area contributed by atoms with Gasteiger partial charge in [0.2, 0.25) is 0 Å². The maximum atomic E-state index is 11.9. The molecule has 88 valence electrons. The smallest absolute Gasteiger partial charge is 0.144 e. The maximum absolute atomic E-state index is 11.9. The fourth-order valence-electron chi connectivity index (χ4n) is 3.33. The zero-order chi connectivity index (χ0) is 10.9. The molecule has 2 rings (SSSR count). The molecule has 2 aliphatic rings. The molecule has 0 amide bonds. The number of hydrogen-bond donors (Lipinski definition) is 0. The van der Waals surface area contributed by atoms with E-state index in [1.165, 1.54) is 38.5 Å². The van der Waals surface area contributed by atoms with E-state index in [-0.39, 0.29) is 0 Å². The lowest BCUT2D eigenvalue weighted by molar-refractivity contribution is -0.117. The molecule has 2 fully saturated rings. The summed E-state index contributed by atoms with van der Waals surface area (Å²) in [6.07, 6.45) is 15.1. The van der Waals surface area contributed by atoms with Gasteiger partial charge < -0.3 is 0 Å². The van der Waals surface area contributed by atoms with Gasteiger partial charge in [0.1, 0.15) is 5.78 Å². The van der Waals surface area contributed by atoms with E-state index in [2.05, 4.69) is 12.5 Å². The molecule has 2 saturated carbocycles. The molecule has 1 atom stereocenters. The summed E-state index contributed by atoms with van der Waals surface area (Å²) < 4.78 is 0. The van der Waals surface area contributed by atoms with Crippen molar-refractivity contribution in [3.63, 3.8) is 0 Å². The number of carbonyl (C=O) groups is 1. The average molecular weight is 228 g/mol. The van der Waals surface area contributed by atoms with Crippen LogP contribution in [0.1, 0.15) is 51.4 Å². The van der Waals surface area contributed by atoms with Crippen molar-refractivity contribution in [2.24, 2.45) is 0 Å². The summed E-state index contributed by atoms with van der Waals surface area (Å²) in [5, 5.41) is 1.35. The second-order valence-electron chi connectivity index (χ2n) is 5.59. The van der Waals surface area contributed by atoms with Gasteiger partial charge in [0.05, 0.1) is 0 Å². The molecular weight excluding hydrogens is 204 g/mol. The van der Waals surface area contributed by atoms with E-state index in [4.69, 9.17) is 0 Å². The van der Waals surface area contributed by atoms with Crippen LogP contribution in [0.5, 0.6) is 0 Å². The van der Waals surface area contributed by atoms with Crippen LogP contribution in [-0.4, -0.2) is 28.8 Å². The Morgan fingerprint density at radius 3 is 2.20 bits per heavy atom. The molecule has 0 radical (unpaired) electrons. The molecule has 0 bridgehead atoms. The van der Waals surface area contributed by atoms with Crippen LogP contribution in [0.4, 0.5) is 0 Å². The van der Waals surface area contributed by atoms with E-state index >= 15 is 0 Å². The van der Waals surface area contributed by atoms with Gasteiger partial charge >= 0.3 is 0 Å². The summed E-state index contributed by atoms with van der Waals surface area (Å²) in [6.45, 7) is 0. The van der Waals surface area contributed by atoms with Crippen LogP contribution in [0.25, 0.3) is 0 Å². The predicted octanol–water partition coefficient (Wildman–Crippen LogP) is 3.50. The Labute approximate surface area is 95.3 Å². The van der Waals surface area contributed by atoms with E-state index in [1.807, 2.05) is 0 Å². The zero-order valence-electron chi connectivity index (χ0n) is 10.1. The molecule has 2 aliphatic carbocycles. The zero-order valence-corrected chi connectivity index (χ0v) is 10.9. The highest BCUT2D eigenvalue weighted by Crippen LogP contribution is 2.57. The number of ketones is 1. The SMILES string of the molecule is CS(C)(C1CCCCC1)C1CCCC1=O. The first-order valence-corrected chi connectivity index (χ1v) is 8.93. The average Bonchev–Trinajstić information content (AvgIpc) is 2.66. The Kier molecular flexibility index (Phi) is 3.44. The van der Waals surface area contributed by atoms with Crippen molar-refractivity contribution in [3.05, 3.63) is 0 Å². The quantitative estimate of drug-likeness (QED) is 0.707. The fourth-order valence-corrected chi connectivity index (χ4v) is 6.91. The Balaban J connectivity index is 2.06. The molecule has 1 nitrogen and oxygen atoms in total. The highest BCUT2D eigenvalue weighted by atomic mass is 32.3. The van der Waals surface area contributed by atoms with Gasteiger partial charge in [-0.3, -0.25) is 4.79 Å². The standard InChI is InChI=1S/C13H24OS/c1-15(2,11-7-4-3-5-8-11)13-10-6-9-12(13)14/h11,13H,3-10H2,1-2H3. The molecule has 0 heterocycles. The van der Waals surface area contributed by atoms with Crippen LogP contribution in [0.3, 0.4) is 0 Å². The van der Waals surface area contributed by atoms with E-state index in [9.17, 15) is 4.79 Å². The maximum Gasteiger partial charge on any atom is 0.144 e. The summed E-state index contributed by atoms with van der Waals surface area (Å²) in [7, 11) is -0.660. The van der Waals surface area contributed by atoms with Crippen molar-refractivity contribution in [2.45, 2.75) is 61.9 Å². The normalized spacial score (nSPS) is 30.8. The number of hydrogen-bond acceptors (Lipinski definition) is 1. The van der Waals surface area contributed by atoms with Crippen LogP contribution < -0.4 is 0 Å². The first-order valence-electron chi connectivity index (χ1n) is 6.36. The highest BCUT2D eigenvalue weighted by Gasteiger charge is 2.39. The molecule has 15 heavy (non-hydrogen) atoms. The number of rotatable bonds is 2. The molecular formula is C13H24OS. The highest BCUT2D eigenvalue weighted by molar-refractivity contribution is 8.34. The fraction of sp³-hybridized carbons (Fsp3) is 0.923. The van der Waals surface area contributed by atoms with Gasteiger partial charge in [0, 0.05) is 11.7 Å². The minimum Gasteiger partial charge on any atom is -0.299 e. The monoisotopic (exact) mass is 228 g/mol. The molecule has 0 aromatic rings. The molecule has 0 saturated heterocycles. The van der Waals surface area contributed by atoms with Crippen molar-refractivity contribution in [1.82, 2.24) is 0 Å². The van der Waals surface area contributed by atoms with Crippen LogP contribution >= 0.6 is 10.0 Å².